The maximum atomic E-state index is 13.0. The fourth-order valence-corrected chi connectivity index (χ4v) is 6.67. The topological polar surface area (TPSA) is 77.7 Å². The van der Waals surface area contributed by atoms with Gasteiger partial charge in [0.15, 0.2) is 0 Å². The van der Waals surface area contributed by atoms with Crippen molar-refractivity contribution in [3.8, 4) is 17.0 Å². The first-order valence-corrected chi connectivity index (χ1v) is 14.3. The first kappa shape index (κ1) is 24.2. The fraction of sp³-hybridized carbons (Fsp3) is 0.214. The largest absolute Gasteiger partial charge is 0.423 e. The summed E-state index contributed by atoms with van der Waals surface area (Å²) in [6.07, 6.45) is 5.36. The van der Waals surface area contributed by atoms with Crippen molar-refractivity contribution in [3.05, 3.63) is 101 Å². The molecule has 0 bridgehead atoms. The summed E-state index contributed by atoms with van der Waals surface area (Å²) in [6, 6.07) is 24.6. The van der Waals surface area contributed by atoms with E-state index in [-0.39, 0.29) is 10.9 Å². The van der Waals surface area contributed by atoms with Gasteiger partial charge in [-0.05, 0) is 66.9 Å². The highest BCUT2D eigenvalue weighted by atomic mass is 32.2. The van der Waals surface area contributed by atoms with Gasteiger partial charge in [0.2, 0.25) is 4.80 Å². The molecule has 3 aromatic carbocycles. The van der Waals surface area contributed by atoms with Crippen molar-refractivity contribution in [1.29, 1.82) is 0 Å². The highest BCUT2D eigenvalue weighted by molar-refractivity contribution is 7.90. The third kappa shape index (κ3) is 5.34. The molecule has 1 heterocycles. The second-order valence-electron chi connectivity index (χ2n) is 8.72. The van der Waals surface area contributed by atoms with E-state index >= 15 is 0 Å². The number of ether oxygens (including phenoxy) is 1. The lowest BCUT2D eigenvalue weighted by Gasteiger charge is -2.25. The average Bonchev–Trinajstić information content (AvgIpc) is 3.33. The van der Waals surface area contributed by atoms with E-state index in [1.165, 1.54) is 17.8 Å². The number of carbonyl (C=O) groups is 1. The minimum absolute atomic E-state index is 0.180. The van der Waals surface area contributed by atoms with Crippen molar-refractivity contribution in [2.24, 2.45) is 4.40 Å². The maximum absolute atomic E-state index is 13.0. The zero-order valence-electron chi connectivity index (χ0n) is 19.6. The van der Waals surface area contributed by atoms with Gasteiger partial charge in [-0.3, -0.25) is 0 Å². The molecule has 4 aromatic rings. The van der Waals surface area contributed by atoms with Gasteiger partial charge in [0.05, 0.1) is 16.2 Å². The zero-order chi connectivity index (χ0) is 25.0. The summed E-state index contributed by atoms with van der Waals surface area (Å²) in [5.74, 6) is 0.0342. The maximum Gasteiger partial charge on any atom is 0.343 e. The molecule has 0 amide bonds. The number of nitrogens with zero attached hydrogens (tertiary/aromatic N) is 2. The van der Waals surface area contributed by atoms with Crippen molar-refractivity contribution >= 4 is 27.3 Å². The molecule has 6 nitrogen and oxygen atoms in total. The predicted molar refractivity (Wildman–Crippen MR) is 140 cm³/mol. The van der Waals surface area contributed by atoms with Crippen molar-refractivity contribution in [1.82, 2.24) is 4.57 Å². The van der Waals surface area contributed by atoms with E-state index in [0.717, 1.165) is 36.9 Å². The van der Waals surface area contributed by atoms with Crippen molar-refractivity contribution in [3.63, 3.8) is 0 Å². The number of hydrogen-bond donors (Lipinski definition) is 0. The van der Waals surface area contributed by atoms with Crippen LogP contribution in [0.1, 0.15) is 48.5 Å². The molecule has 0 radical (unpaired) electrons. The van der Waals surface area contributed by atoms with E-state index in [9.17, 15) is 13.2 Å². The molecular weight excluding hydrogens is 492 g/mol. The molecule has 1 aromatic heterocycles. The van der Waals surface area contributed by atoms with Crippen LogP contribution in [-0.4, -0.2) is 19.0 Å². The Kier molecular flexibility index (Phi) is 7.16. The Balaban J connectivity index is 1.49. The summed E-state index contributed by atoms with van der Waals surface area (Å²) >= 11 is 1.33. The van der Waals surface area contributed by atoms with Crippen LogP contribution in [0.25, 0.3) is 11.3 Å². The predicted octanol–water partition coefficient (Wildman–Crippen LogP) is 6.23. The van der Waals surface area contributed by atoms with Crippen LogP contribution in [0.5, 0.6) is 5.75 Å². The normalized spacial score (nSPS) is 15.1. The number of carbonyl (C=O) groups excluding carboxylic acids is 1. The minimum atomic E-state index is -3.83. The molecule has 0 saturated heterocycles. The van der Waals surface area contributed by atoms with Crippen LogP contribution < -0.4 is 9.54 Å². The monoisotopic (exact) mass is 518 g/mol. The van der Waals surface area contributed by atoms with Crippen LogP contribution in [0.2, 0.25) is 0 Å². The molecule has 1 saturated carbocycles. The summed E-state index contributed by atoms with van der Waals surface area (Å²) in [5, 5.41) is 1.96. The van der Waals surface area contributed by atoms with Gasteiger partial charge in [0.1, 0.15) is 5.75 Å². The molecule has 0 spiro atoms. The third-order valence-corrected chi connectivity index (χ3v) is 8.53. The van der Waals surface area contributed by atoms with Crippen molar-refractivity contribution in [2.45, 2.75) is 43.0 Å². The van der Waals surface area contributed by atoms with Crippen LogP contribution in [0, 0.1) is 0 Å². The fourth-order valence-electron chi connectivity index (χ4n) is 4.47. The first-order valence-electron chi connectivity index (χ1n) is 11.9. The highest BCUT2D eigenvalue weighted by Gasteiger charge is 2.22. The smallest absolute Gasteiger partial charge is 0.343 e. The molecule has 1 aliphatic carbocycles. The lowest BCUT2D eigenvalue weighted by Crippen LogP contribution is -2.25. The van der Waals surface area contributed by atoms with Crippen LogP contribution in [0.3, 0.4) is 0 Å². The van der Waals surface area contributed by atoms with Crippen molar-refractivity contribution < 1.29 is 17.9 Å². The second-order valence-corrected chi connectivity index (χ2v) is 11.2. The summed E-state index contributed by atoms with van der Waals surface area (Å²) < 4.78 is 37.9. The van der Waals surface area contributed by atoms with Crippen LogP contribution in [0.15, 0.2) is 99.6 Å². The number of aromatic nitrogens is 1. The Bertz CT molecular complexity index is 1500. The standard InChI is InChI=1S/C28H26N2O4S2/c31-27(22-10-4-1-5-11-22)34-24-18-16-21(17-19-24)26-20-35-28(30(26)23-12-6-2-7-13-23)29-36(32,33)25-14-8-3-9-15-25/h1,3-5,8-11,14-20,23H,2,6-7,12-13H2. The third-order valence-electron chi connectivity index (χ3n) is 6.29. The molecule has 5 rings (SSSR count). The Labute approximate surface area is 214 Å². The molecule has 184 valence electrons. The first-order chi connectivity index (χ1) is 17.5. The summed E-state index contributed by atoms with van der Waals surface area (Å²) in [5.41, 5.74) is 2.31. The van der Waals surface area contributed by atoms with Gasteiger partial charge >= 0.3 is 5.97 Å². The van der Waals surface area contributed by atoms with Gasteiger partial charge in [-0.2, -0.15) is 8.42 Å². The van der Waals surface area contributed by atoms with Crippen LogP contribution in [-0.2, 0) is 10.0 Å². The van der Waals surface area contributed by atoms with Gasteiger partial charge in [-0.25, -0.2) is 4.79 Å². The average molecular weight is 519 g/mol. The van der Waals surface area contributed by atoms with E-state index in [4.69, 9.17) is 4.74 Å². The minimum Gasteiger partial charge on any atom is -0.423 e. The molecule has 0 N–H and O–H groups in total. The van der Waals surface area contributed by atoms with E-state index in [2.05, 4.69) is 8.96 Å². The second kappa shape index (κ2) is 10.6. The van der Waals surface area contributed by atoms with E-state index in [0.29, 0.717) is 16.1 Å². The molecule has 36 heavy (non-hydrogen) atoms. The van der Waals surface area contributed by atoms with Crippen molar-refractivity contribution in [2.75, 3.05) is 0 Å². The summed E-state index contributed by atoms with van der Waals surface area (Å²) in [6.45, 7) is 0. The lowest BCUT2D eigenvalue weighted by molar-refractivity contribution is 0.0734. The molecule has 0 unspecified atom stereocenters. The lowest BCUT2D eigenvalue weighted by atomic mass is 9.95. The van der Waals surface area contributed by atoms with Crippen LogP contribution >= 0.6 is 11.3 Å². The SMILES string of the molecule is O=C(Oc1ccc(-c2csc(=NS(=O)(=O)c3ccccc3)n2C2CCCCC2)cc1)c1ccccc1. The molecule has 0 aliphatic heterocycles. The number of benzene rings is 3. The zero-order valence-corrected chi connectivity index (χ0v) is 21.3. The Morgan fingerprint density at radius 3 is 2.17 bits per heavy atom. The van der Waals surface area contributed by atoms with Gasteiger partial charge < -0.3 is 9.30 Å². The molecule has 1 fully saturated rings. The van der Waals surface area contributed by atoms with E-state index < -0.39 is 16.0 Å². The Morgan fingerprint density at radius 1 is 0.861 bits per heavy atom. The molecule has 8 heteroatoms. The van der Waals surface area contributed by atoms with E-state index in [1.807, 2.05) is 23.6 Å². The van der Waals surface area contributed by atoms with Gasteiger partial charge in [0.25, 0.3) is 10.0 Å². The van der Waals surface area contributed by atoms with E-state index in [1.54, 1.807) is 66.7 Å². The highest BCUT2D eigenvalue weighted by Crippen LogP contribution is 2.33. The Morgan fingerprint density at radius 2 is 1.50 bits per heavy atom. The summed E-state index contributed by atoms with van der Waals surface area (Å²) in [4.78, 5) is 13.0. The molecule has 0 atom stereocenters. The molecule has 1 aliphatic rings. The Hall–Kier alpha value is -3.49. The summed E-state index contributed by atoms with van der Waals surface area (Å²) in [7, 11) is -3.83. The number of thiazole rings is 1. The molecular formula is C28H26N2O4S2. The number of rotatable bonds is 6. The quantitative estimate of drug-likeness (QED) is 0.224. The number of hydrogen-bond acceptors (Lipinski definition) is 5. The number of esters is 1. The number of sulfonamides is 1. The van der Waals surface area contributed by atoms with Gasteiger partial charge in [0, 0.05) is 11.4 Å². The van der Waals surface area contributed by atoms with Crippen LogP contribution in [0.4, 0.5) is 0 Å². The van der Waals surface area contributed by atoms with Gasteiger partial charge in [-0.1, -0.05) is 55.7 Å². The van der Waals surface area contributed by atoms with Gasteiger partial charge in [-0.15, -0.1) is 15.7 Å².